The van der Waals surface area contributed by atoms with Gasteiger partial charge in [-0.1, -0.05) is 0 Å². The quantitative estimate of drug-likeness (QED) is 0.763. The van der Waals surface area contributed by atoms with E-state index in [4.69, 9.17) is 9.84 Å². The Balaban J connectivity index is 1.65. The van der Waals surface area contributed by atoms with Crippen LogP contribution in [-0.2, 0) is 4.74 Å². The van der Waals surface area contributed by atoms with Gasteiger partial charge in [0.25, 0.3) is 0 Å². The summed E-state index contributed by atoms with van der Waals surface area (Å²) in [5.41, 5.74) is 0. The van der Waals surface area contributed by atoms with Gasteiger partial charge in [-0.2, -0.15) is 0 Å². The molecule has 1 aliphatic carbocycles. The van der Waals surface area contributed by atoms with Crippen LogP contribution in [0.25, 0.3) is 0 Å². The SMILES string of the molecule is O=C(NC1CCC1)N1CCC(OCCO)CC1. The van der Waals surface area contributed by atoms with Crippen molar-refractivity contribution in [1.82, 2.24) is 10.2 Å². The largest absolute Gasteiger partial charge is 0.394 e. The van der Waals surface area contributed by atoms with Crippen LogP contribution in [0.2, 0.25) is 0 Å². The Morgan fingerprint density at radius 2 is 2.00 bits per heavy atom. The van der Waals surface area contributed by atoms with Crippen LogP contribution in [0.4, 0.5) is 4.79 Å². The van der Waals surface area contributed by atoms with Crippen LogP contribution < -0.4 is 5.32 Å². The Hall–Kier alpha value is -0.810. The Labute approximate surface area is 102 Å². The summed E-state index contributed by atoms with van der Waals surface area (Å²) in [5, 5.41) is 11.7. The lowest BCUT2D eigenvalue weighted by Gasteiger charge is -2.34. The number of rotatable bonds is 4. The Kier molecular flexibility index (Phi) is 4.62. The van der Waals surface area contributed by atoms with Crippen LogP contribution in [0.15, 0.2) is 0 Å². The van der Waals surface area contributed by atoms with Gasteiger partial charge in [-0.15, -0.1) is 0 Å². The fourth-order valence-corrected chi connectivity index (χ4v) is 2.26. The molecule has 5 nitrogen and oxygen atoms in total. The molecular formula is C12H22N2O3. The van der Waals surface area contributed by atoms with Crippen molar-refractivity contribution >= 4 is 6.03 Å². The van der Waals surface area contributed by atoms with Gasteiger partial charge < -0.3 is 20.1 Å². The molecule has 2 rings (SSSR count). The van der Waals surface area contributed by atoms with E-state index in [0.717, 1.165) is 38.8 Å². The molecule has 1 aliphatic heterocycles. The predicted octanol–water partition coefficient (Wildman–Crippen LogP) is 0.722. The first-order chi connectivity index (χ1) is 8.29. The van der Waals surface area contributed by atoms with E-state index in [-0.39, 0.29) is 18.7 Å². The maximum Gasteiger partial charge on any atom is 0.317 e. The fourth-order valence-electron chi connectivity index (χ4n) is 2.26. The number of amides is 2. The number of likely N-dealkylation sites (tertiary alicyclic amines) is 1. The monoisotopic (exact) mass is 242 g/mol. The molecule has 0 bridgehead atoms. The topological polar surface area (TPSA) is 61.8 Å². The highest BCUT2D eigenvalue weighted by Crippen LogP contribution is 2.19. The number of carbonyl (C=O) groups is 1. The molecule has 1 saturated carbocycles. The van der Waals surface area contributed by atoms with Crippen molar-refractivity contribution in [3.8, 4) is 0 Å². The molecule has 0 aromatic rings. The van der Waals surface area contributed by atoms with Gasteiger partial charge in [-0.3, -0.25) is 0 Å². The molecule has 2 amide bonds. The fraction of sp³-hybridized carbons (Fsp3) is 0.917. The summed E-state index contributed by atoms with van der Waals surface area (Å²) in [6.07, 6.45) is 5.44. The summed E-state index contributed by atoms with van der Waals surface area (Å²) >= 11 is 0. The number of aliphatic hydroxyl groups excluding tert-OH is 1. The Morgan fingerprint density at radius 1 is 1.29 bits per heavy atom. The molecule has 5 heteroatoms. The lowest BCUT2D eigenvalue weighted by molar-refractivity contribution is -0.00196. The number of hydrogen-bond acceptors (Lipinski definition) is 3. The van der Waals surface area contributed by atoms with Crippen LogP contribution in [0.3, 0.4) is 0 Å². The van der Waals surface area contributed by atoms with Crippen molar-refractivity contribution in [2.45, 2.75) is 44.2 Å². The molecule has 0 aromatic carbocycles. The molecule has 0 unspecified atom stereocenters. The van der Waals surface area contributed by atoms with Gasteiger partial charge in [-0.05, 0) is 32.1 Å². The predicted molar refractivity (Wildman–Crippen MR) is 63.8 cm³/mol. The molecule has 17 heavy (non-hydrogen) atoms. The number of nitrogens with zero attached hydrogens (tertiary/aromatic N) is 1. The number of ether oxygens (including phenoxy) is 1. The molecule has 0 aromatic heterocycles. The van der Waals surface area contributed by atoms with Crippen molar-refractivity contribution in [2.24, 2.45) is 0 Å². The molecular weight excluding hydrogens is 220 g/mol. The molecule has 0 atom stereocenters. The number of urea groups is 1. The second-order valence-electron chi connectivity index (χ2n) is 4.86. The van der Waals surface area contributed by atoms with E-state index in [0.29, 0.717) is 12.6 Å². The third-order valence-electron chi connectivity index (χ3n) is 3.61. The van der Waals surface area contributed by atoms with E-state index in [1.54, 1.807) is 0 Å². The first-order valence-electron chi connectivity index (χ1n) is 6.57. The zero-order valence-electron chi connectivity index (χ0n) is 10.2. The van der Waals surface area contributed by atoms with Gasteiger partial charge in [0.1, 0.15) is 0 Å². The third-order valence-corrected chi connectivity index (χ3v) is 3.61. The number of aliphatic hydroxyl groups is 1. The summed E-state index contributed by atoms with van der Waals surface area (Å²) in [5.74, 6) is 0. The van der Waals surface area contributed by atoms with Crippen LogP contribution >= 0.6 is 0 Å². The second kappa shape index (κ2) is 6.21. The third kappa shape index (κ3) is 3.57. The summed E-state index contributed by atoms with van der Waals surface area (Å²) in [7, 11) is 0. The Bertz CT molecular complexity index is 248. The number of carbonyl (C=O) groups excluding carboxylic acids is 1. The number of piperidine rings is 1. The number of nitrogens with one attached hydrogen (secondary N) is 1. The highest BCUT2D eigenvalue weighted by atomic mass is 16.5. The van der Waals surface area contributed by atoms with E-state index in [1.807, 2.05) is 4.90 Å². The van der Waals surface area contributed by atoms with Crippen LogP contribution in [0.5, 0.6) is 0 Å². The molecule has 1 heterocycles. The van der Waals surface area contributed by atoms with Crippen molar-refractivity contribution in [3.05, 3.63) is 0 Å². The minimum absolute atomic E-state index is 0.0718. The minimum atomic E-state index is 0.0718. The van der Waals surface area contributed by atoms with Gasteiger partial charge in [0.15, 0.2) is 0 Å². The minimum Gasteiger partial charge on any atom is -0.394 e. The average Bonchev–Trinajstić information content (AvgIpc) is 2.31. The summed E-state index contributed by atoms with van der Waals surface area (Å²) in [6, 6.07) is 0.487. The molecule has 2 fully saturated rings. The smallest absolute Gasteiger partial charge is 0.317 e. The van der Waals surface area contributed by atoms with Crippen LogP contribution in [0, 0.1) is 0 Å². The van der Waals surface area contributed by atoms with E-state index in [1.165, 1.54) is 6.42 Å². The van der Waals surface area contributed by atoms with E-state index in [9.17, 15) is 4.79 Å². The van der Waals surface area contributed by atoms with Gasteiger partial charge in [0.05, 0.1) is 19.3 Å². The van der Waals surface area contributed by atoms with Gasteiger partial charge in [0, 0.05) is 19.1 Å². The lowest BCUT2D eigenvalue weighted by atomic mass is 9.93. The van der Waals surface area contributed by atoms with Crippen molar-refractivity contribution in [2.75, 3.05) is 26.3 Å². The van der Waals surface area contributed by atoms with Crippen molar-refractivity contribution in [3.63, 3.8) is 0 Å². The molecule has 98 valence electrons. The Morgan fingerprint density at radius 3 is 2.53 bits per heavy atom. The lowest BCUT2D eigenvalue weighted by Crippen LogP contribution is -2.50. The van der Waals surface area contributed by atoms with E-state index in [2.05, 4.69) is 5.32 Å². The first kappa shape index (κ1) is 12.6. The van der Waals surface area contributed by atoms with Crippen molar-refractivity contribution in [1.29, 1.82) is 0 Å². The standard InChI is InChI=1S/C12H22N2O3/c15-8-9-17-11-4-6-14(7-5-11)12(16)13-10-2-1-3-10/h10-11,15H,1-9H2,(H,13,16). The average molecular weight is 242 g/mol. The highest BCUT2D eigenvalue weighted by molar-refractivity contribution is 5.74. The van der Waals surface area contributed by atoms with Gasteiger partial charge in [-0.25, -0.2) is 4.79 Å². The maximum atomic E-state index is 11.9. The maximum absolute atomic E-state index is 11.9. The van der Waals surface area contributed by atoms with E-state index >= 15 is 0 Å². The second-order valence-corrected chi connectivity index (χ2v) is 4.86. The van der Waals surface area contributed by atoms with Gasteiger partial charge in [0.2, 0.25) is 0 Å². The molecule has 1 saturated heterocycles. The van der Waals surface area contributed by atoms with Crippen LogP contribution in [-0.4, -0.2) is 54.5 Å². The molecule has 2 aliphatic rings. The summed E-state index contributed by atoms with van der Waals surface area (Å²) in [6.45, 7) is 1.99. The van der Waals surface area contributed by atoms with E-state index < -0.39 is 0 Å². The number of hydrogen-bond donors (Lipinski definition) is 2. The van der Waals surface area contributed by atoms with Gasteiger partial charge >= 0.3 is 6.03 Å². The summed E-state index contributed by atoms with van der Waals surface area (Å²) in [4.78, 5) is 13.7. The highest BCUT2D eigenvalue weighted by Gasteiger charge is 2.26. The molecule has 2 N–H and O–H groups in total. The summed E-state index contributed by atoms with van der Waals surface area (Å²) < 4.78 is 5.47. The van der Waals surface area contributed by atoms with Crippen molar-refractivity contribution < 1.29 is 14.6 Å². The first-order valence-corrected chi connectivity index (χ1v) is 6.57. The molecule has 0 spiro atoms. The normalized spacial score (nSPS) is 22.3. The molecule has 0 radical (unpaired) electrons. The zero-order chi connectivity index (χ0) is 12.1. The van der Waals surface area contributed by atoms with Crippen LogP contribution in [0.1, 0.15) is 32.1 Å². The zero-order valence-corrected chi connectivity index (χ0v) is 10.2.